The number of piperidine rings is 1. The molecule has 7 nitrogen and oxygen atoms in total. The monoisotopic (exact) mass is 414 g/mol. The van der Waals surface area contributed by atoms with Crippen LogP contribution < -0.4 is 11.1 Å². The van der Waals surface area contributed by atoms with E-state index in [2.05, 4.69) is 0 Å². The van der Waals surface area contributed by atoms with Gasteiger partial charge in [-0.1, -0.05) is 6.07 Å². The van der Waals surface area contributed by atoms with Crippen LogP contribution in [0, 0.1) is 12.3 Å². The zero-order valence-corrected chi connectivity index (χ0v) is 16.5. The maximum atomic E-state index is 13.7. The van der Waals surface area contributed by atoms with Gasteiger partial charge in [-0.2, -0.15) is 13.2 Å². The fraction of sp³-hybridized carbons (Fsp3) is 0.526. The number of carbonyl (C=O) groups is 2. The molecule has 5 N–H and O–H groups in total. The highest BCUT2D eigenvalue weighted by Gasteiger charge is 2.38. The van der Waals surface area contributed by atoms with Gasteiger partial charge < -0.3 is 15.7 Å². The Bertz CT molecular complexity index is 823. The van der Waals surface area contributed by atoms with E-state index in [1.807, 2.05) is 5.32 Å². The fourth-order valence-corrected chi connectivity index (χ4v) is 3.53. The molecule has 10 heteroatoms. The Labute approximate surface area is 166 Å². The largest absolute Gasteiger partial charge is 0.416 e. The SMILES string of the molecule is Cc1cc(C2CCN(C(=O)C(C)(C)O)CC2)c(C(F)(F)F)cc1C(=O)NC(=N)N. The van der Waals surface area contributed by atoms with Gasteiger partial charge in [-0.3, -0.25) is 20.3 Å². The summed E-state index contributed by atoms with van der Waals surface area (Å²) in [6.45, 7) is 4.73. The number of rotatable bonds is 3. The molecule has 1 saturated heterocycles. The van der Waals surface area contributed by atoms with Crippen LogP contribution >= 0.6 is 0 Å². The number of guanidine groups is 1. The third kappa shape index (κ3) is 5.26. The number of aliphatic hydroxyl groups is 1. The molecule has 1 fully saturated rings. The van der Waals surface area contributed by atoms with E-state index in [1.165, 1.54) is 31.7 Å². The van der Waals surface area contributed by atoms with E-state index in [9.17, 15) is 27.9 Å². The van der Waals surface area contributed by atoms with E-state index in [0.717, 1.165) is 6.07 Å². The molecule has 1 aromatic rings. The number of carbonyl (C=O) groups excluding carboxylic acids is 2. The Hall–Kier alpha value is -2.62. The van der Waals surface area contributed by atoms with E-state index in [1.54, 1.807) is 0 Å². The highest BCUT2D eigenvalue weighted by atomic mass is 19.4. The van der Waals surface area contributed by atoms with Crippen molar-refractivity contribution in [3.63, 3.8) is 0 Å². The van der Waals surface area contributed by atoms with Crippen molar-refractivity contribution in [3.8, 4) is 0 Å². The second-order valence-electron chi connectivity index (χ2n) is 7.75. The Balaban J connectivity index is 2.34. The molecule has 2 amide bonds. The lowest BCUT2D eigenvalue weighted by Crippen LogP contribution is -2.48. The Morgan fingerprint density at radius 1 is 1.24 bits per heavy atom. The summed E-state index contributed by atoms with van der Waals surface area (Å²) < 4.78 is 41.1. The first-order valence-corrected chi connectivity index (χ1v) is 9.10. The van der Waals surface area contributed by atoms with Crippen LogP contribution in [0.4, 0.5) is 13.2 Å². The van der Waals surface area contributed by atoms with Crippen LogP contribution in [-0.2, 0) is 11.0 Å². The van der Waals surface area contributed by atoms with Gasteiger partial charge in [-0.25, -0.2) is 0 Å². The summed E-state index contributed by atoms with van der Waals surface area (Å²) in [6, 6.07) is 2.13. The molecule has 160 valence electrons. The van der Waals surface area contributed by atoms with Crippen LogP contribution in [0.15, 0.2) is 12.1 Å². The molecule has 0 unspecified atom stereocenters. The maximum Gasteiger partial charge on any atom is 0.416 e. The van der Waals surface area contributed by atoms with Crippen LogP contribution in [0.1, 0.15) is 59.7 Å². The minimum Gasteiger partial charge on any atom is -0.381 e. The predicted octanol–water partition coefficient (Wildman–Crippen LogP) is 2.11. The third-order valence-corrected chi connectivity index (χ3v) is 4.94. The molecule has 1 aromatic carbocycles. The first-order chi connectivity index (χ1) is 13.2. The number of halogens is 3. The number of nitrogens with two attached hydrogens (primary N) is 1. The van der Waals surface area contributed by atoms with Crippen molar-refractivity contribution in [2.75, 3.05) is 13.1 Å². The molecule has 29 heavy (non-hydrogen) atoms. The summed E-state index contributed by atoms with van der Waals surface area (Å²) >= 11 is 0. The molecule has 0 saturated carbocycles. The number of hydrogen-bond donors (Lipinski definition) is 4. The summed E-state index contributed by atoms with van der Waals surface area (Å²) in [5, 5.41) is 18.9. The number of amides is 2. The van der Waals surface area contributed by atoms with E-state index in [4.69, 9.17) is 11.1 Å². The van der Waals surface area contributed by atoms with Gasteiger partial charge in [0.05, 0.1) is 5.56 Å². The van der Waals surface area contributed by atoms with E-state index < -0.39 is 41.0 Å². The van der Waals surface area contributed by atoms with Crippen molar-refractivity contribution < 1.29 is 27.9 Å². The molecule has 1 aliphatic heterocycles. The summed E-state index contributed by atoms with van der Waals surface area (Å²) in [6.07, 6.45) is -4.05. The van der Waals surface area contributed by atoms with Gasteiger partial charge in [0, 0.05) is 18.7 Å². The summed E-state index contributed by atoms with van der Waals surface area (Å²) in [4.78, 5) is 25.7. The highest BCUT2D eigenvalue weighted by molar-refractivity contribution is 6.05. The first kappa shape index (κ1) is 22.7. The van der Waals surface area contributed by atoms with E-state index in [-0.39, 0.29) is 24.2 Å². The standard InChI is InChI=1S/C19H25F3N4O3/c1-10-8-13(11-4-6-26(7-5-11)16(28)18(2,3)29)14(19(20,21)22)9-12(10)15(27)25-17(23)24/h8-9,11,29H,4-7H2,1-3H3,(H4,23,24,25,27). The maximum absolute atomic E-state index is 13.7. The van der Waals surface area contributed by atoms with Gasteiger partial charge in [-0.15, -0.1) is 0 Å². The Morgan fingerprint density at radius 2 is 1.79 bits per heavy atom. The molecular weight excluding hydrogens is 389 g/mol. The van der Waals surface area contributed by atoms with Crippen molar-refractivity contribution in [3.05, 3.63) is 34.4 Å². The van der Waals surface area contributed by atoms with Crippen LogP contribution in [-0.4, -0.2) is 46.5 Å². The molecule has 0 atom stereocenters. The predicted molar refractivity (Wildman–Crippen MR) is 100 cm³/mol. The first-order valence-electron chi connectivity index (χ1n) is 9.10. The van der Waals surface area contributed by atoms with Gasteiger partial charge in [0.25, 0.3) is 11.8 Å². The van der Waals surface area contributed by atoms with Gasteiger partial charge in [-0.05, 0) is 56.7 Å². The minimum atomic E-state index is -4.67. The smallest absolute Gasteiger partial charge is 0.381 e. The van der Waals surface area contributed by atoms with E-state index in [0.29, 0.717) is 18.4 Å². The lowest BCUT2D eigenvalue weighted by molar-refractivity contribution is -0.149. The van der Waals surface area contributed by atoms with Crippen LogP contribution in [0.2, 0.25) is 0 Å². The number of benzene rings is 1. The summed E-state index contributed by atoms with van der Waals surface area (Å²) in [5.74, 6) is -2.44. The van der Waals surface area contributed by atoms with Crippen molar-refractivity contribution >= 4 is 17.8 Å². The molecule has 0 aliphatic carbocycles. The highest BCUT2D eigenvalue weighted by Crippen LogP contribution is 2.40. The molecular formula is C19H25F3N4O3. The lowest BCUT2D eigenvalue weighted by atomic mass is 9.83. The molecule has 0 radical (unpaired) electrons. The number of nitrogens with zero attached hydrogens (tertiary/aromatic N) is 1. The van der Waals surface area contributed by atoms with E-state index >= 15 is 0 Å². The topological polar surface area (TPSA) is 120 Å². The van der Waals surface area contributed by atoms with Gasteiger partial charge in [0.1, 0.15) is 5.60 Å². The zero-order chi connectivity index (χ0) is 22.1. The summed E-state index contributed by atoms with van der Waals surface area (Å²) in [7, 11) is 0. The average molecular weight is 414 g/mol. The zero-order valence-electron chi connectivity index (χ0n) is 16.5. The van der Waals surface area contributed by atoms with Gasteiger partial charge >= 0.3 is 6.18 Å². The molecule has 0 spiro atoms. The fourth-order valence-electron chi connectivity index (χ4n) is 3.53. The second-order valence-corrected chi connectivity index (χ2v) is 7.75. The van der Waals surface area contributed by atoms with Crippen molar-refractivity contribution in [2.24, 2.45) is 5.73 Å². The molecule has 2 rings (SSSR count). The van der Waals surface area contributed by atoms with Crippen molar-refractivity contribution in [1.29, 1.82) is 5.41 Å². The summed E-state index contributed by atoms with van der Waals surface area (Å²) in [5.41, 5.74) is 2.86. The quantitative estimate of drug-likeness (QED) is 0.447. The number of likely N-dealkylation sites (tertiary alicyclic amines) is 1. The van der Waals surface area contributed by atoms with Crippen LogP contribution in [0.5, 0.6) is 0 Å². The van der Waals surface area contributed by atoms with Gasteiger partial charge in [0.2, 0.25) is 0 Å². The molecule has 0 aromatic heterocycles. The Morgan fingerprint density at radius 3 is 2.24 bits per heavy atom. The third-order valence-electron chi connectivity index (χ3n) is 4.94. The molecule has 0 bridgehead atoms. The molecule has 1 aliphatic rings. The van der Waals surface area contributed by atoms with Crippen LogP contribution in [0.3, 0.4) is 0 Å². The minimum absolute atomic E-state index is 0.0738. The lowest BCUT2D eigenvalue weighted by Gasteiger charge is -2.36. The molecule has 1 heterocycles. The van der Waals surface area contributed by atoms with Crippen LogP contribution in [0.25, 0.3) is 0 Å². The van der Waals surface area contributed by atoms with Crippen molar-refractivity contribution in [2.45, 2.75) is 51.3 Å². The van der Waals surface area contributed by atoms with Gasteiger partial charge in [0.15, 0.2) is 5.96 Å². The number of nitrogens with one attached hydrogen (secondary N) is 2. The Kier molecular flexibility index (Phi) is 6.27. The second kappa shape index (κ2) is 8.02. The average Bonchev–Trinajstić information content (AvgIpc) is 2.58. The number of hydrogen-bond acceptors (Lipinski definition) is 4. The number of aryl methyl sites for hydroxylation is 1. The number of alkyl halides is 3. The normalized spacial score (nSPS) is 15.9. The van der Waals surface area contributed by atoms with Crippen molar-refractivity contribution in [1.82, 2.24) is 10.2 Å².